The number of aliphatic hydroxyl groups excluding tert-OH is 1. The summed E-state index contributed by atoms with van der Waals surface area (Å²) < 4.78 is 5.00. The van der Waals surface area contributed by atoms with E-state index in [2.05, 4.69) is 4.99 Å². The molecule has 1 N–H and O–H groups in total. The van der Waals surface area contributed by atoms with E-state index in [4.69, 9.17) is 9.84 Å². The number of aliphatic imine (C=N–C) groups is 1. The lowest BCUT2D eigenvalue weighted by Gasteiger charge is -2.10. The molecule has 1 aliphatic heterocycles. The van der Waals surface area contributed by atoms with E-state index in [1.54, 1.807) is 19.1 Å². The summed E-state index contributed by atoms with van der Waals surface area (Å²) >= 11 is 0. The van der Waals surface area contributed by atoms with E-state index in [1.807, 2.05) is 18.2 Å². The van der Waals surface area contributed by atoms with Gasteiger partial charge in [0, 0.05) is 5.56 Å². The Balaban J connectivity index is 2.35. The van der Waals surface area contributed by atoms with Crippen molar-refractivity contribution in [3.05, 3.63) is 35.9 Å². The molecule has 1 heterocycles. The number of carbonyl (C=O) groups is 1. The van der Waals surface area contributed by atoms with Gasteiger partial charge in [-0.05, 0) is 19.1 Å². The van der Waals surface area contributed by atoms with Crippen LogP contribution in [0.25, 0.3) is 0 Å². The maximum Gasteiger partial charge on any atom is 0.343 e. The third-order valence-corrected chi connectivity index (χ3v) is 2.31. The van der Waals surface area contributed by atoms with Gasteiger partial charge in [0.25, 0.3) is 0 Å². The van der Waals surface area contributed by atoms with Crippen LogP contribution in [0.2, 0.25) is 0 Å². The maximum absolute atomic E-state index is 11.4. The summed E-state index contributed by atoms with van der Waals surface area (Å²) in [4.78, 5) is 15.5. The number of cyclic esters (lactones) is 1. The van der Waals surface area contributed by atoms with Crippen molar-refractivity contribution >= 4 is 11.9 Å². The molecule has 0 aliphatic carbocycles. The van der Waals surface area contributed by atoms with Gasteiger partial charge in [-0.25, -0.2) is 9.79 Å². The van der Waals surface area contributed by atoms with Crippen molar-refractivity contribution in [2.45, 2.75) is 12.5 Å². The van der Waals surface area contributed by atoms with Gasteiger partial charge in [0.1, 0.15) is 0 Å². The first-order valence-corrected chi connectivity index (χ1v) is 4.64. The molecule has 0 saturated carbocycles. The van der Waals surface area contributed by atoms with Crippen LogP contribution in [0.4, 0.5) is 0 Å². The SMILES string of the molecule is C[C@]1(CO)N=C(c2ccccc2)OC1=O. The molecule has 4 heteroatoms. The van der Waals surface area contributed by atoms with Gasteiger partial charge in [-0.3, -0.25) is 0 Å². The Morgan fingerprint density at radius 1 is 1.40 bits per heavy atom. The molecule has 0 bridgehead atoms. The topological polar surface area (TPSA) is 58.9 Å². The highest BCUT2D eigenvalue weighted by atomic mass is 16.6. The van der Waals surface area contributed by atoms with Crippen molar-refractivity contribution < 1.29 is 14.6 Å². The van der Waals surface area contributed by atoms with Gasteiger partial charge in [-0.2, -0.15) is 0 Å². The number of rotatable bonds is 2. The van der Waals surface area contributed by atoms with Crippen molar-refractivity contribution in [2.24, 2.45) is 4.99 Å². The van der Waals surface area contributed by atoms with Crippen molar-refractivity contribution in [2.75, 3.05) is 6.61 Å². The highest BCUT2D eigenvalue weighted by Crippen LogP contribution is 2.22. The van der Waals surface area contributed by atoms with Gasteiger partial charge >= 0.3 is 5.97 Å². The average Bonchev–Trinajstić information content (AvgIpc) is 2.58. The molecular weight excluding hydrogens is 194 g/mol. The molecule has 2 rings (SSSR count). The number of aliphatic hydroxyl groups is 1. The molecule has 0 aromatic heterocycles. The van der Waals surface area contributed by atoms with Gasteiger partial charge in [-0.1, -0.05) is 18.2 Å². The van der Waals surface area contributed by atoms with Crippen LogP contribution in [-0.4, -0.2) is 29.1 Å². The molecule has 15 heavy (non-hydrogen) atoms. The summed E-state index contributed by atoms with van der Waals surface area (Å²) in [7, 11) is 0. The minimum Gasteiger partial charge on any atom is -0.405 e. The Morgan fingerprint density at radius 3 is 2.60 bits per heavy atom. The number of esters is 1. The summed E-state index contributed by atoms with van der Waals surface area (Å²) in [6.45, 7) is 1.20. The van der Waals surface area contributed by atoms with Gasteiger partial charge in [0.15, 0.2) is 5.54 Å². The Bertz CT molecular complexity index is 413. The van der Waals surface area contributed by atoms with E-state index < -0.39 is 11.5 Å². The Hall–Kier alpha value is -1.68. The first-order chi connectivity index (χ1) is 7.15. The van der Waals surface area contributed by atoms with E-state index in [9.17, 15) is 4.79 Å². The maximum atomic E-state index is 11.4. The van der Waals surface area contributed by atoms with Gasteiger partial charge in [0.05, 0.1) is 6.61 Å². The predicted molar refractivity (Wildman–Crippen MR) is 54.6 cm³/mol. The van der Waals surface area contributed by atoms with E-state index in [1.165, 1.54) is 0 Å². The van der Waals surface area contributed by atoms with E-state index in [0.29, 0.717) is 0 Å². The lowest BCUT2D eigenvalue weighted by atomic mass is 10.1. The first-order valence-electron chi connectivity index (χ1n) is 4.64. The molecular formula is C11H11NO3. The zero-order chi connectivity index (χ0) is 10.9. The van der Waals surface area contributed by atoms with Gasteiger partial charge in [0.2, 0.25) is 5.90 Å². The number of hydrogen-bond donors (Lipinski definition) is 1. The number of carbonyl (C=O) groups excluding carboxylic acids is 1. The average molecular weight is 205 g/mol. The van der Waals surface area contributed by atoms with Crippen LogP contribution in [0.1, 0.15) is 12.5 Å². The number of nitrogens with zero attached hydrogens (tertiary/aromatic N) is 1. The van der Waals surface area contributed by atoms with Gasteiger partial charge < -0.3 is 9.84 Å². The Labute approximate surface area is 87.2 Å². The fourth-order valence-corrected chi connectivity index (χ4v) is 1.29. The number of ether oxygens (including phenoxy) is 1. The lowest BCUT2D eigenvalue weighted by molar-refractivity contribution is -0.139. The van der Waals surface area contributed by atoms with Crippen molar-refractivity contribution in [1.29, 1.82) is 0 Å². The second kappa shape index (κ2) is 3.47. The molecule has 0 unspecified atom stereocenters. The third-order valence-electron chi connectivity index (χ3n) is 2.31. The Morgan fingerprint density at radius 2 is 2.07 bits per heavy atom. The Kier molecular flexibility index (Phi) is 2.28. The van der Waals surface area contributed by atoms with Crippen LogP contribution >= 0.6 is 0 Å². The molecule has 4 nitrogen and oxygen atoms in total. The largest absolute Gasteiger partial charge is 0.405 e. The van der Waals surface area contributed by atoms with E-state index >= 15 is 0 Å². The summed E-state index contributed by atoms with van der Waals surface area (Å²) in [5, 5.41) is 9.05. The van der Waals surface area contributed by atoms with Crippen LogP contribution in [0, 0.1) is 0 Å². The zero-order valence-electron chi connectivity index (χ0n) is 8.30. The smallest absolute Gasteiger partial charge is 0.343 e. The quantitative estimate of drug-likeness (QED) is 0.724. The molecule has 78 valence electrons. The molecule has 0 radical (unpaired) electrons. The minimum absolute atomic E-state index is 0.275. The first kappa shape index (κ1) is 9.86. The van der Waals surface area contributed by atoms with Crippen molar-refractivity contribution in [3.8, 4) is 0 Å². The second-order valence-corrected chi connectivity index (χ2v) is 3.60. The van der Waals surface area contributed by atoms with Crippen LogP contribution < -0.4 is 0 Å². The summed E-state index contributed by atoms with van der Waals surface area (Å²) in [6.07, 6.45) is 0. The number of benzene rings is 1. The fourth-order valence-electron chi connectivity index (χ4n) is 1.29. The molecule has 0 spiro atoms. The number of hydrogen-bond acceptors (Lipinski definition) is 4. The molecule has 1 aliphatic rings. The van der Waals surface area contributed by atoms with Crippen LogP contribution in [-0.2, 0) is 9.53 Å². The normalized spacial score (nSPS) is 24.9. The molecule has 0 saturated heterocycles. The van der Waals surface area contributed by atoms with E-state index in [-0.39, 0.29) is 12.5 Å². The minimum atomic E-state index is -1.15. The van der Waals surface area contributed by atoms with E-state index in [0.717, 1.165) is 5.56 Å². The highest BCUT2D eigenvalue weighted by molar-refractivity contribution is 6.07. The third kappa shape index (κ3) is 1.64. The predicted octanol–water partition coefficient (Wildman–Crippen LogP) is 0.741. The molecule has 1 aromatic carbocycles. The summed E-state index contributed by atoms with van der Waals surface area (Å²) in [5.74, 6) is -0.235. The highest BCUT2D eigenvalue weighted by Gasteiger charge is 2.41. The standard InChI is InChI=1S/C11H11NO3/c1-11(7-13)10(14)15-9(12-11)8-5-3-2-4-6-8/h2-6,13H,7H2,1H3/t11-/m1/s1. The van der Waals surface area contributed by atoms with Crippen LogP contribution in [0.3, 0.4) is 0 Å². The summed E-state index contributed by atoms with van der Waals surface area (Å²) in [6, 6.07) is 9.14. The fraction of sp³-hybridized carbons (Fsp3) is 0.273. The molecule has 0 amide bonds. The molecule has 1 atom stereocenters. The van der Waals surface area contributed by atoms with Crippen molar-refractivity contribution in [3.63, 3.8) is 0 Å². The summed E-state index contributed by atoms with van der Waals surface area (Å²) in [5.41, 5.74) is -0.409. The van der Waals surface area contributed by atoms with Gasteiger partial charge in [-0.15, -0.1) is 0 Å². The van der Waals surface area contributed by atoms with Crippen LogP contribution in [0.15, 0.2) is 35.3 Å². The lowest BCUT2D eigenvalue weighted by Crippen LogP contribution is -2.33. The molecule has 1 aromatic rings. The monoisotopic (exact) mass is 205 g/mol. The van der Waals surface area contributed by atoms with Crippen LogP contribution in [0.5, 0.6) is 0 Å². The molecule has 0 fully saturated rings. The van der Waals surface area contributed by atoms with Crippen molar-refractivity contribution in [1.82, 2.24) is 0 Å². The zero-order valence-corrected chi connectivity index (χ0v) is 8.30. The second-order valence-electron chi connectivity index (χ2n) is 3.60.